The van der Waals surface area contributed by atoms with E-state index in [1.54, 1.807) is 0 Å². The summed E-state index contributed by atoms with van der Waals surface area (Å²) in [4.78, 5) is 21.8. The fourth-order valence-corrected chi connectivity index (χ4v) is 1.47. The zero-order chi connectivity index (χ0) is 13.9. The SMILES string of the molecule is CC(Oc1cc(F)c(Br)cc1N)C(=O)NC(N)=O. The van der Waals surface area contributed by atoms with Gasteiger partial charge < -0.3 is 16.2 Å². The third kappa shape index (κ3) is 3.59. The third-order valence-corrected chi connectivity index (χ3v) is 2.58. The topological polar surface area (TPSA) is 107 Å². The number of anilines is 1. The van der Waals surface area contributed by atoms with Crippen LogP contribution >= 0.6 is 15.9 Å². The number of imide groups is 1. The van der Waals surface area contributed by atoms with E-state index in [4.69, 9.17) is 16.2 Å². The summed E-state index contributed by atoms with van der Waals surface area (Å²) in [7, 11) is 0. The van der Waals surface area contributed by atoms with E-state index in [1.165, 1.54) is 13.0 Å². The molecule has 0 saturated carbocycles. The smallest absolute Gasteiger partial charge is 0.318 e. The first-order valence-electron chi connectivity index (χ1n) is 4.82. The first kappa shape index (κ1) is 14.2. The van der Waals surface area contributed by atoms with Crippen LogP contribution in [0.3, 0.4) is 0 Å². The van der Waals surface area contributed by atoms with E-state index < -0.39 is 23.9 Å². The normalized spacial score (nSPS) is 11.7. The predicted molar refractivity (Wildman–Crippen MR) is 66.3 cm³/mol. The fourth-order valence-electron chi connectivity index (χ4n) is 1.11. The number of nitrogens with two attached hydrogens (primary N) is 2. The minimum Gasteiger partial charge on any atom is -0.479 e. The molecule has 1 rings (SSSR count). The molecule has 0 radical (unpaired) electrons. The fraction of sp³-hybridized carbons (Fsp3) is 0.200. The number of carbonyl (C=O) groups is 2. The highest BCUT2D eigenvalue weighted by Crippen LogP contribution is 2.29. The molecule has 8 heteroatoms. The van der Waals surface area contributed by atoms with E-state index in [0.29, 0.717) is 0 Å². The van der Waals surface area contributed by atoms with Gasteiger partial charge in [-0.05, 0) is 28.9 Å². The Kier molecular flexibility index (Phi) is 4.49. The Hall–Kier alpha value is -1.83. The van der Waals surface area contributed by atoms with Crippen LogP contribution in [-0.4, -0.2) is 18.0 Å². The van der Waals surface area contributed by atoms with Crippen LogP contribution in [-0.2, 0) is 4.79 Å². The van der Waals surface area contributed by atoms with Crippen LogP contribution in [0.4, 0.5) is 14.9 Å². The summed E-state index contributed by atoms with van der Waals surface area (Å²) >= 11 is 2.96. The van der Waals surface area contributed by atoms with Gasteiger partial charge in [-0.1, -0.05) is 0 Å². The van der Waals surface area contributed by atoms with Crippen molar-refractivity contribution >= 4 is 33.6 Å². The molecule has 0 heterocycles. The Balaban J connectivity index is 2.81. The Morgan fingerprint density at radius 1 is 1.50 bits per heavy atom. The lowest BCUT2D eigenvalue weighted by Crippen LogP contribution is -2.42. The molecule has 98 valence electrons. The van der Waals surface area contributed by atoms with Gasteiger partial charge in [0.15, 0.2) is 6.10 Å². The minimum atomic E-state index is -1.04. The molecule has 0 aliphatic carbocycles. The van der Waals surface area contributed by atoms with Crippen molar-refractivity contribution in [3.63, 3.8) is 0 Å². The van der Waals surface area contributed by atoms with Crippen molar-refractivity contribution in [2.45, 2.75) is 13.0 Å². The lowest BCUT2D eigenvalue weighted by Gasteiger charge is -2.15. The van der Waals surface area contributed by atoms with E-state index in [9.17, 15) is 14.0 Å². The molecule has 0 aromatic heterocycles. The highest BCUT2D eigenvalue weighted by atomic mass is 79.9. The number of nitrogens with one attached hydrogen (secondary N) is 1. The van der Waals surface area contributed by atoms with Crippen LogP contribution in [0.15, 0.2) is 16.6 Å². The van der Waals surface area contributed by atoms with Gasteiger partial charge in [0.2, 0.25) is 0 Å². The lowest BCUT2D eigenvalue weighted by molar-refractivity contribution is -0.126. The molecule has 1 unspecified atom stereocenters. The monoisotopic (exact) mass is 319 g/mol. The second-order valence-corrected chi connectivity index (χ2v) is 4.27. The average Bonchev–Trinajstić information content (AvgIpc) is 2.24. The van der Waals surface area contributed by atoms with Crippen molar-refractivity contribution in [1.82, 2.24) is 5.32 Å². The van der Waals surface area contributed by atoms with Crippen LogP contribution in [0.5, 0.6) is 5.75 Å². The van der Waals surface area contributed by atoms with Crippen molar-refractivity contribution in [3.05, 3.63) is 22.4 Å². The van der Waals surface area contributed by atoms with Crippen molar-refractivity contribution in [1.29, 1.82) is 0 Å². The number of primary amides is 1. The maximum atomic E-state index is 13.3. The number of carbonyl (C=O) groups excluding carboxylic acids is 2. The molecule has 0 aliphatic rings. The number of urea groups is 1. The maximum absolute atomic E-state index is 13.3. The molecule has 18 heavy (non-hydrogen) atoms. The van der Waals surface area contributed by atoms with Gasteiger partial charge in [-0.15, -0.1) is 0 Å². The molecule has 0 saturated heterocycles. The molecular formula is C10H11BrFN3O3. The summed E-state index contributed by atoms with van der Waals surface area (Å²) in [6, 6.07) is 1.35. The van der Waals surface area contributed by atoms with Gasteiger partial charge in [0.25, 0.3) is 5.91 Å². The molecule has 0 fully saturated rings. The number of nitrogen functional groups attached to an aromatic ring is 1. The number of benzene rings is 1. The lowest BCUT2D eigenvalue weighted by atomic mass is 10.3. The summed E-state index contributed by atoms with van der Waals surface area (Å²) in [5.41, 5.74) is 10.5. The first-order chi connectivity index (χ1) is 8.31. The van der Waals surface area contributed by atoms with Crippen LogP contribution in [0.2, 0.25) is 0 Å². The van der Waals surface area contributed by atoms with Gasteiger partial charge in [-0.25, -0.2) is 9.18 Å². The van der Waals surface area contributed by atoms with Crippen LogP contribution < -0.4 is 21.5 Å². The quantitative estimate of drug-likeness (QED) is 0.726. The Morgan fingerprint density at radius 2 is 2.11 bits per heavy atom. The molecule has 3 amide bonds. The number of hydrogen-bond acceptors (Lipinski definition) is 4. The molecule has 1 aromatic rings. The van der Waals surface area contributed by atoms with Crippen molar-refractivity contribution in [3.8, 4) is 5.75 Å². The number of rotatable bonds is 3. The van der Waals surface area contributed by atoms with E-state index in [0.717, 1.165) is 6.07 Å². The van der Waals surface area contributed by atoms with E-state index in [2.05, 4.69) is 15.9 Å². The highest BCUT2D eigenvalue weighted by molar-refractivity contribution is 9.10. The summed E-state index contributed by atoms with van der Waals surface area (Å²) in [6.07, 6.45) is -1.04. The third-order valence-electron chi connectivity index (χ3n) is 1.97. The van der Waals surface area contributed by atoms with Crippen LogP contribution in [0, 0.1) is 5.82 Å². The predicted octanol–water partition coefficient (Wildman–Crippen LogP) is 1.13. The molecule has 6 nitrogen and oxygen atoms in total. The molecule has 0 aliphatic heterocycles. The van der Waals surface area contributed by atoms with E-state index >= 15 is 0 Å². The molecule has 5 N–H and O–H groups in total. The number of amides is 3. The summed E-state index contributed by atoms with van der Waals surface area (Å²) in [5.74, 6) is -1.32. The highest BCUT2D eigenvalue weighted by Gasteiger charge is 2.18. The van der Waals surface area contributed by atoms with Crippen LogP contribution in [0.25, 0.3) is 0 Å². The minimum absolute atomic E-state index is 0.00261. The molecule has 1 atom stereocenters. The number of hydrogen-bond donors (Lipinski definition) is 3. The largest absolute Gasteiger partial charge is 0.479 e. The number of ether oxygens (including phenoxy) is 1. The van der Waals surface area contributed by atoms with Gasteiger partial charge in [0.1, 0.15) is 11.6 Å². The van der Waals surface area contributed by atoms with Gasteiger partial charge in [0.05, 0.1) is 10.2 Å². The first-order valence-corrected chi connectivity index (χ1v) is 5.62. The average molecular weight is 320 g/mol. The summed E-state index contributed by atoms with van der Waals surface area (Å²) in [5, 5.41) is 1.84. The van der Waals surface area contributed by atoms with Gasteiger partial charge >= 0.3 is 6.03 Å². The van der Waals surface area contributed by atoms with Crippen molar-refractivity contribution in [2.24, 2.45) is 5.73 Å². The van der Waals surface area contributed by atoms with Gasteiger partial charge in [-0.2, -0.15) is 0 Å². The molecular weight excluding hydrogens is 309 g/mol. The maximum Gasteiger partial charge on any atom is 0.318 e. The van der Waals surface area contributed by atoms with Gasteiger partial charge in [0, 0.05) is 6.07 Å². The van der Waals surface area contributed by atoms with Gasteiger partial charge in [-0.3, -0.25) is 10.1 Å². The second kappa shape index (κ2) is 5.67. The Bertz CT molecular complexity index is 496. The molecule has 0 spiro atoms. The summed E-state index contributed by atoms with van der Waals surface area (Å²) < 4.78 is 18.6. The molecule has 1 aromatic carbocycles. The van der Waals surface area contributed by atoms with E-state index in [-0.39, 0.29) is 15.9 Å². The number of halogens is 2. The van der Waals surface area contributed by atoms with Crippen molar-refractivity contribution in [2.75, 3.05) is 5.73 Å². The van der Waals surface area contributed by atoms with Crippen LogP contribution in [0.1, 0.15) is 6.92 Å². The Labute approximate surface area is 111 Å². The zero-order valence-corrected chi connectivity index (χ0v) is 11.0. The van der Waals surface area contributed by atoms with E-state index in [1.807, 2.05) is 5.32 Å². The second-order valence-electron chi connectivity index (χ2n) is 3.42. The Morgan fingerprint density at radius 3 is 2.67 bits per heavy atom. The summed E-state index contributed by atoms with van der Waals surface area (Å²) in [6.45, 7) is 1.37. The molecule has 0 bridgehead atoms. The zero-order valence-electron chi connectivity index (χ0n) is 9.37. The standard InChI is InChI=1S/C10H11BrFN3O3/c1-4(9(16)15-10(14)17)18-8-3-6(12)5(11)2-7(8)13/h2-4H,13H2,1H3,(H3,14,15,16,17). The van der Waals surface area contributed by atoms with Crippen molar-refractivity contribution < 1.29 is 18.7 Å².